The molecule has 32 heavy (non-hydrogen) atoms. The van der Waals surface area contributed by atoms with E-state index in [1.54, 1.807) is 0 Å². The first-order chi connectivity index (χ1) is 15.2. The van der Waals surface area contributed by atoms with Crippen molar-refractivity contribution in [2.45, 2.75) is 0 Å². The van der Waals surface area contributed by atoms with E-state index in [2.05, 4.69) is 4.99 Å². The molecule has 0 heterocycles. The summed E-state index contributed by atoms with van der Waals surface area (Å²) in [6.45, 7) is 0. The molecule has 4 rings (SSSR count). The first-order valence-electron chi connectivity index (χ1n) is 8.86. The minimum Gasteiger partial charge on any atom is -0.478 e. The van der Waals surface area contributed by atoms with Gasteiger partial charge < -0.3 is 5.11 Å². The number of aromatic carboxylic acids is 1. The lowest BCUT2D eigenvalue weighted by Crippen LogP contribution is -2.01. The van der Waals surface area contributed by atoms with E-state index in [0.29, 0.717) is 0 Å². The fourth-order valence-electron chi connectivity index (χ4n) is 3.46. The van der Waals surface area contributed by atoms with E-state index < -0.39 is 32.1 Å². The highest BCUT2D eigenvalue weighted by Gasteiger charge is 2.35. The van der Waals surface area contributed by atoms with Gasteiger partial charge in [-0.3, -0.25) is 30.3 Å². The third-order valence-corrected chi connectivity index (χ3v) is 4.86. The lowest BCUT2D eigenvalue weighted by atomic mass is 10.0. The summed E-state index contributed by atoms with van der Waals surface area (Å²) in [4.78, 5) is 47.6. The van der Waals surface area contributed by atoms with Crippen molar-refractivity contribution < 1.29 is 24.7 Å². The lowest BCUT2D eigenvalue weighted by molar-refractivity contribution is -0.393. The van der Waals surface area contributed by atoms with Crippen LogP contribution in [-0.4, -0.2) is 31.6 Å². The molecule has 0 aliphatic heterocycles. The van der Waals surface area contributed by atoms with Crippen LogP contribution in [0.5, 0.6) is 0 Å². The molecule has 12 heteroatoms. The number of carboxylic acid groups (broad SMARTS) is 1. The van der Waals surface area contributed by atoms with Gasteiger partial charge in [0.05, 0.1) is 43.4 Å². The molecule has 158 valence electrons. The number of rotatable bonds is 5. The number of benzene rings is 3. The van der Waals surface area contributed by atoms with E-state index in [9.17, 15) is 35.1 Å². The Morgan fingerprint density at radius 2 is 1.38 bits per heavy atom. The molecule has 0 radical (unpaired) electrons. The maximum atomic E-state index is 11.7. The van der Waals surface area contributed by atoms with Crippen molar-refractivity contribution in [1.29, 1.82) is 0 Å². The van der Waals surface area contributed by atoms with E-state index in [0.717, 1.165) is 12.1 Å². The zero-order chi connectivity index (χ0) is 23.2. The van der Waals surface area contributed by atoms with Crippen molar-refractivity contribution in [3.8, 4) is 11.1 Å². The molecule has 0 saturated heterocycles. The molecule has 12 nitrogen and oxygen atoms in total. The maximum Gasteiger partial charge on any atom is 0.335 e. The number of non-ortho nitro benzene ring substituents is 2. The predicted molar refractivity (Wildman–Crippen MR) is 111 cm³/mol. The quantitative estimate of drug-likeness (QED) is 0.357. The summed E-state index contributed by atoms with van der Waals surface area (Å²) >= 11 is 0. The van der Waals surface area contributed by atoms with Gasteiger partial charge in [0.1, 0.15) is 0 Å². The van der Waals surface area contributed by atoms with Crippen molar-refractivity contribution in [3.05, 3.63) is 102 Å². The fraction of sp³-hybridized carbons (Fsp3) is 0. The van der Waals surface area contributed by atoms with Crippen LogP contribution in [0, 0.1) is 30.3 Å². The third-order valence-electron chi connectivity index (χ3n) is 4.86. The Hall–Kier alpha value is -5.00. The monoisotopic (exact) mass is 434 g/mol. The number of carboxylic acids is 1. The minimum absolute atomic E-state index is 0.00286. The van der Waals surface area contributed by atoms with Gasteiger partial charge in [-0.25, -0.2) is 9.79 Å². The summed E-state index contributed by atoms with van der Waals surface area (Å²) in [5, 5.41) is 43.3. The maximum absolute atomic E-state index is 11.7. The molecule has 0 spiro atoms. The Labute approximate surface area is 177 Å². The van der Waals surface area contributed by atoms with Crippen molar-refractivity contribution >= 4 is 34.4 Å². The molecule has 1 aliphatic rings. The average molecular weight is 434 g/mol. The Kier molecular flexibility index (Phi) is 4.66. The van der Waals surface area contributed by atoms with Crippen LogP contribution in [-0.2, 0) is 0 Å². The average Bonchev–Trinajstić information content (AvgIpc) is 3.06. The number of aliphatic imine (C=N–C) groups is 1. The standard InChI is InChI=1S/C20H10N4O8/c25-20(26)10-1-3-11(4-2-10)21-19-15-7-12(22(27)28)5-6-14(15)18-16(19)8-13(23(29)30)9-17(18)24(31)32/h1-9H,(H,25,26). The van der Waals surface area contributed by atoms with Crippen LogP contribution >= 0.6 is 0 Å². The summed E-state index contributed by atoms with van der Waals surface area (Å²) in [6.07, 6.45) is 0. The molecule has 0 saturated carbocycles. The van der Waals surface area contributed by atoms with Crippen LogP contribution in [0.2, 0.25) is 0 Å². The normalized spacial score (nSPS) is 12.8. The highest BCUT2D eigenvalue weighted by atomic mass is 16.6. The topological polar surface area (TPSA) is 179 Å². The van der Waals surface area contributed by atoms with Gasteiger partial charge in [-0.15, -0.1) is 0 Å². The number of hydrogen-bond donors (Lipinski definition) is 1. The van der Waals surface area contributed by atoms with Crippen molar-refractivity contribution in [3.63, 3.8) is 0 Å². The second-order valence-corrected chi connectivity index (χ2v) is 6.70. The van der Waals surface area contributed by atoms with Crippen LogP contribution in [0.4, 0.5) is 22.7 Å². The van der Waals surface area contributed by atoms with Crippen LogP contribution in [0.25, 0.3) is 11.1 Å². The molecule has 3 aromatic rings. The van der Waals surface area contributed by atoms with E-state index in [1.807, 2.05) is 0 Å². The van der Waals surface area contributed by atoms with Gasteiger partial charge in [0.15, 0.2) is 0 Å². The molecule has 0 fully saturated rings. The SMILES string of the molecule is O=C(O)c1ccc(N=C2c3cc([N+](=O)[O-])ccc3-c3c2cc([N+](=O)[O-])cc3[N+](=O)[O-])cc1. The molecule has 3 aromatic carbocycles. The van der Waals surface area contributed by atoms with E-state index in [-0.39, 0.29) is 44.9 Å². The van der Waals surface area contributed by atoms with E-state index in [1.165, 1.54) is 42.5 Å². The molecule has 0 aromatic heterocycles. The van der Waals surface area contributed by atoms with Crippen LogP contribution in [0.15, 0.2) is 59.6 Å². The van der Waals surface area contributed by atoms with Crippen LogP contribution in [0.3, 0.4) is 0 Å². The number of hydrogen-bond acceptors (Lipinski definition) is 8. The largest absolute Gasteiger partial charge is 0.478 e. The molecule has 0 bridgehead atoms. The molecule has 1 N–H and O–H groups in total. The number of carbonyl (C=O) groups is 1. The minimum atomic E-state index is -1.15. The van der Waals surface area contributed by atoms with Gasteiger partial charge in [-0.2, -0.15) is 0 Å². The first kappa shape index (κ1) is 20.3. The molecule has 0 atom stereocenters. The van der Waals surface area contributed by atoms with Crippen molar-refractivity contribution in [1.82, 2.24) is 0 Å². The number of nitro groups is 3. The molecular weight excluding hydrogens is 424 g/mol. The predicted octanol–water partition coefficient (Wildman–Crippen LogP) is 4.26. The third kappa shape index (κ3) is 3.31. The molecule has 1 aliphatic carbocycles. The van der Waals surface area contributed by atoms with Gasteiger partial charge in [-0.05, 0) is 35.9 Å². The van der Waals surface area contributed by atoms with Gasteiger partial charge in [-0.1, -0.05) is 0 Å². The molecule has 0 amide bonds. The number of fused-ring (bicyclic) bond motifs is 3. The van der Waals surface area contributed by atoms with Crippen LogP contribution < -0.4 is 0 Å². The summed E-state index contributed by atoms with van der Waals surface area (Å²) in [5.41, 5.74) is -0.436. The van der Waals surface area contributed by atoms with E-state index >= 15 is 0 Å². The summed E-state index contributed by atoms with van der Waals surface area (Å²) in [5.74, 6) is -1.15. The summed E-state index contributed by atoms with van der Waals surface area (Å²) in [7, 11) is 0. The first-order valence-corrected chi connectivity index (χ1v) is 8.86. The number of nitrogens with zero attached hydrogens (tertiary/aromatic N) is 4. The van der Waals surface area contributed by atoms with Crippen molar-refractivity contribution in [2.24, 2.45) is 4.99 Å². The Bertz CT molecular complexity index is 1380. The highest BCUT2D eigenvalue weighted by Crippen LogP contribution is 2.46. The second kappa shape index (κ2) is 7.36. The lowest BCUT2D eigenvalue weighted by Gasteiger charge is -2.04. The Morgan fingerprint density at radius 3 is 1.94 bits per heavy atom. The van der Waals surface area contributed by atoms with Gasteiger partial charge in [0.2, 0.25) is 0 Å². The van der Waals surface area contributed by atoms with E-state index in [4.69, 9.17) is 5.11 Å². The smallest absolute Gasteiger partial charge is 0.335 e. The highest BCUT2D eigenvalue weighted by molar-refractivity contribution is 6.27. The molecular formula is C20H10N4O8. The zero-order valence-electron chi connectivity index (χ0n) is 15.8. The van der Waals surface area contributed by atoms with Gasteiger partial charge in [0.25, 0.3) is 17.1 Å². The fourth-order valence-corrected chi connectivity index (χ4v) is 3.46. The second-order valence-electron chi connectivity index (χ2n) is 6.70. The van der Waals surface area contributed by atoms with Crippen LogP contribution in [0.1, 0.15) is 21.5 Å². The zero-order valence-corrected chi connectivity index (χ0v) is 15.8. The Morgan fingerprint density at radius 1 is 0.750 bits per heavy atom. The number of nitro benzene ring substituents is 3. The Balaban J connectivity index is 2.03. The summed E-state index contributed by atoms with van der Waals surface area (Å²) in [6, 6.07) is 11.0. The molecule has 0 unspecified atom stereocenters. The summed E-state index contributed by atoms with van der Waals surface area (Å²) < 4.78 is 0. The van der Waals surface area contributed by atoms with Gasteiger partial charge in [0, 0.05) is 29.3 Å². The van der Waals surface area contributed by atoms with Crippen molar-refractivity contribution in [2.75, 3.05) is 0 Å². The van der Waals surface area contributed by atoms with Gasteiger partial charge >= 0.3 is 5.97 Å².